The first kappa shape index (κ1) is 14.4. The molecule has 0 saturated heterocycles. The van der Waals surface area contributed by atoms with Crippen LogP contribution >= 0.6 is 0 Å². The Morgan fingerprint density at radius 1 is 1.33 bits per heavy atom. The van der Waals surface area contributed by atoms with Gasteiger partial charge in [-0.2, -0.15) is 0 Å². The summed E-state index contributed by atoms with van der Waals surface area (Å²) in [6, 6.07) is 6.25. The topological polar surface area (TPSA) is 89.3 Å². The zero-order chi connectivity index (χ0) is 13.8. The molecule has 0 fully saturated rings. The summed E-state index contributed by atoms with van der Waals surface area (Å²) in [4.78, 5) is 11.3. The van der Waals surface area contributed by atoms with Gasteiger partial charge in [-0.05, 0) is 31.0 Å². The number of primary sulfonamides is 1. The van der Waals surface area contributed by atoms with Crippen molar-refractivity contribution in [3.63, 3.8) is 0 Å². The molecule has 0 aromatic heterocycles. The Labute approximate surface area is 107 Å². The molecule has 0 aliphatic heterocycles. The number of rotatable bonds is 5. The molecule has 0 bridgehead atoms. The van der Waals surface area contributed by atoms with E-state index in [0.717, 1.165) is 5.56 Å². The van der Waals surface area contributed by atoms with E-state index in [1.807, 2.05) is 0 Å². The summed E-state index contributed by atoms with van der Waals surface area (Å²) in [5, 5.41) is 7.68. The molecular formula is C12H16N2O3S. The number of carbonyl (C=O) groups is 1. The summed E-state index contributed by atoms with van der Waals surface area (Å²) < 4.78 is 22.1. The van der Waals surface area contributed by atoms with Crippen LogP contribution in [0.15, 0.2) is 41.3 Å². The van der Waals surface area contributed by atoms with Gasteiger partial charge in [0.2, 0.25) is 15.9 Å². The lowest BCUT2D eigenvalue weighted by atomic mass is 10.1. The van der Waals surface area contributed by atoms with E-state index in [2.05, 4.69) is 11.9 Å². The molecule has 0 atom stereocenters. The maximum Gasteiger partial charge on any atom is 0.246 e. The van der Waals surface area contributed by atoms with Gasteiger partial charge in [-0.25, -0.2) is 13.6 Å². The van der Waals surface area contributed by atoms with Crippen molar-refractivity contribution in [1.82, 2.24) is 5.32 Å². The van der Waals surface area contributed by atoms with Gasteiger partial charge < -0.3 is 5.32 Å². The molecule has 1 aromatic carbocycles. The van der Waals surface area contributed by atoms with E-state index in [1.165, 1.54) is 12.1 Å². The largest absolute Gasteiger partial charge is 0.352 e. The zero-order valence-electron chi connectivity index (χ0n) is 10.1. The van der Waals surface area contributed by atoms with Crippen LogP contribution in [-0.2, 0) is 21.2 Å². The fourth-order valence-corrected chi connectivity index (χ4v) is 1.83. The van der Waals surface area contributed by atoms with Gasteiger partial charge in [0.1, 0.15) is 0 Å². The van der Waals surface area contributed by atoms with E-state index in [1.54, 1.807) is 19.1 Å². The predicted molar refractivity (Wildman–Crippen MR) is 69.3 cm³/mol. The molecule has 18 heavy (non-hydrogen) atoms. The second kappa shape index (κ2) is 5.79. The maximum atomic E-state index is 11.2. The average molecular weight is 268 g/mol. The Balaban J connectivity index is 2.55. The Hall–Kier alpha value is -1.66. The van der Waals surface area contributed by atoms with E-state index < -0.39 is 10.0 Å². The standard InChI is InChI=1S/C12H16N2O3S/c1-9(2)12(15)14-8-7-10-3-5-11(6-4-10)18(13,16)17/h3-6H,1,7-8H2,2H3,(H,14,15)(H2,13,16,17). The molecule has 0 radical (unpaired) electrons. The molecule has 1 amide bonds. The van der Waals surface area contributed by atoms with Gasteiger partial charge in [-0.15, -0.1) is 0 Å². The fraction of sp³-hybridized carbons (Fsp3) is 0.250. The van der Waals surface area contributed by atoms with Crippen LogP contribution in [0.3, 0.4) is 0 Å². The quantitative estimate of drug-likeness (QED) is 0.765. The second-order valence-electron chi connectivity index (χ2n) is 3.98. The van der Waals surface area contributed by atoms with E-state index in [0.29, 0.717) is 18.5 Å². The highest BCUT2D eigenvalue weighted by Crippen LogP contribution is 2.08. The Morgan fingerprint density at radius 3 is 2.33 bits per heavy atom. The second-order valence-corrected chi connectivity index (χ2v) is 5.54. The molecule has 1 rings (SSSR count). The van der Waals surface area contributed by atoms with Crippen LogP contribution in [0.2, 0.25) is 0 Å². The van der Waals surface area contributed by atoms with Crippen molar-refractivity contribution in [2.24, 2.45) is 5.14 Å². The lowest BCUT2D eigenvalue weighted by molar-refractivity contribution is -0.117. The molecule has 0 aliphatic rings. The van der Waals surface area contributed by atoms with Crippen LogP contribution in [-0.4, -0.2) is 20.9 Å². The summed E-state index contributed by atoms with van der Waals surface area (Å²) in [6.07, 6.45) is 0.615. The molecule has 0 spiro atoms. The number of benzene rings is 1. The summed E-state index contributed by atoms with van der Waals surface area (Å²) in [5.74, 6) is -0.184. The Bertz CT molecular complexity index is 547. The van der Waals surface area contributed by atoms with Crippen molar-refractivity contribution in [3.8, 4) is 0 Å². The number of hydrogen-bond donors (Lipinski definition) is 2. The molecule has 1 aromatic rings. The monoisotopic (exact) mass is 268 g/mol. The van der Waals surface area contributed by atoms with Crippen molar-refractivity contribution < 1.29 is 13.2 Å². The van der Waals surface area contributed by atoms with Crippen molar-refractivity contribution in [3.05, 3.63) is 42.0 Å². The Kier molecular flexibility index (Phi) is 4.63. The number of carbonyl (C=O) groups excluding carboxylic acids is 1. The minimum Gasteiger partial charge on any atom is -0.352 e. The lowest BCUT2D eigenvalue weighted by Gasteiger charge is -2.05. The van der Waals surface area contributed by atoms with Crippen LogP contribution in [0, 0.1) is 0 Å². The van der Waals surface area contributed by atoms with Gasteiger partial charge in [0.25, 0.3) is 0 Å². The third-order valence-corrected chi connectivity index (χ3v) is 3.27. The van der Waals surface area contributed by atoms with Gasteiger partial charge in [-0.3, -0.25) is 4.79 Å². The third-order valence-electron chi connectivity index (χ3n) is 2.34. The normalized spacial score (nSPS) is 11.0. The summed E-state index contributed by atoms with van der Waals surface area (Å²) in [7, 11) is -3.65. The van der Waals surface area contributed by atoms with E-state index in [9.17, 15) is 13.2 Å². The first-order valence-corrected chi connectivity index (χ1v) is 6.91. The van der Waals surface area contributed by atoms with Crippen LogP contribution in [0.25, 0.3) is 0 Å². The highest BCUT2D eigenvalue weighted by Gasteiger charge is 2.06. The number of nitrogens with one attached hydrogen (secondary N) is 1. The van der Waals surface area contributed by atoms with Crippen LogP contribution in [0.1, 0.15) is 12.5 Å². The van der Waals surface area contributed by atoms with Gasteiger partial charge in [0.05, 0.1) is 4.90 Å². The molecule has 0 saturated carbocycles. The Morgan fingerprint density at radius 2 is 1.89 bits per heavy atom. The van der Waals surface area contributed by atoms with Crippen molar-refractivity contribution in [1.29, 1.82) is 0 Å². The smallest absolute Gasteiger partial charge is 0.246 e. The predicted octanol–water partition coefficient (Wildman–Crippen LogP) is 0.569. The highest BCUT2D eigenvalue weighted by molar-refractivity contribution is 7.89. The molecule has 98 valence electrons. The molecule has 5 nitrogen and oxygen atoms in total. The first-order valence-electron chi connectivity index (χ1n) is 5.36. The third kappa shape index (κ3) is 4.31. The van der Waals surface area contributed by atoms with E-state index in [-0.39, 0.29) is 10.8 Å². The van der Waals surface area contributed by atoms with Crippen LogP contribution in [0.5, 0.6) is 0 Å². The van der Waals surface area contributed by atoms with E-state index >= 15 is 0 Å². The van der Waals surface area contributed by atoms with Gasteiger partial charge >= 0.3 is 0 Å². The number of nitrogens with two attached hydrogens (primary N) is 1. The minimum absolute atomic E-state index is 0.0808. The van der Waals surface area contributed by atoms with Crippen molar-refractivity contribution in [2.75, 3.05) is 6.54 Å². The first-order chi connectivity index (χ1) is 8.30. The summed E-state index contributed by atoms with van der Waals surface area (Å²) in [5.41, 5.74) is 1.38. The molecule has 6 heteroatoms. The van der Waals surface area contributed by atoms with Crippen molar-refractivity contribution in [2.45, 2.75) is 18.2 Å². The fourth-order valence-electron chi connectivity index (χ4n) is 1.32. The minimum atomic E-state index is -3.65. The number of hydrogen-bond acceptors (Lipinski definition) is 3. The summed E-state index contributed by atoms with van der Waals surface area (Å²) in [6.45, 7) is 5.63. The average Bonchev–Trinajstić information content (AvgIpc) is 2.28. The van der Waals surface area contributed by atoms with Gasteiger partial charge in [0, 0.05) is 12.1 Å². The van der Waals surface area contributed by atoms with Gasteiger partial charge in [-0.1, -0.05) is 18.7 Å². The lowest BCUT2D eigenvalue weighted by Crippen LogP contribution is -2.25. The maximum absolute atomic E-state index is 11.2. The van der Waals surface area contributed by atoms with E-state index in [4.69, 9.17) is 5.14 Å². The molecule has 3 N–H and O–H groups in total. The number of sulfonamides is 1. The molecular weight excluding hydrogens is 252 g/mol. The molecule has 0 unspecified atom stereocenters. The van der Waals surface area contributed by atoms with Crippen molar-refractivity contribution >= 4 is 15.9 Å². The molecule has 0 aliphatic carbocycles. The SMILES string of the molecule is C=C(C)C(=O)NCCc1ccc(S(N)(=O)=O)cc1. The summed E-state index contributed by atoms with van der Waals surface area (Å²) >= 11 is 0. The van der Waals surface area contributed by atoms with Crippen LogP contribution < -0.4 is 10.5 Å². The highest BCUT2D eigenvalue weighted by atomic mass is 32.2. The zero-order valence-corrected chi connectivity index (χ0v) is 11.0. The van der Waals surface area contributed by atoms with Gasteiger partial charge in [0.15, 0.2) is 0 Å². The van der Waals surface area contributed by atoms with Crippen LogP contribution in [0.4, 0.5) is 0 Å². The number of amides is 1. The molecule has 0 heterocycles.